The van der Waals surface area contributed by atoms with E-state index in [0.29, 0.717) is 24.1 Å². The third-order valence-corrected chi connectivity index (χ3v) is 3.83. The van der Waals surface area contributed by atoms with Crippen LogP contribution in [0.5, 0.6) is 5.88 Å². The number of aromatic nitrogens is 1. The number of pyridine rings is 1. The Morgan fingerprint density at radius 2 is 2.19 bits per heavy atom. The molecule has 5 heteroatoms. The highest BCUT2D eigenvalue weighted by molar-refractivity contribution is 6.00. The van der Waals surface area contributed by atoms with Crippen molar-refractivity contribution in [3.05, 3.63) is 35.9 Å². The van der Waals surface area contributed by atoms with E-state index in [2.05, 4.69) is 16.9 Å². The van der Waals surface area contributed by atoms with Crippen LogP contribution in [0.1, 0.15) is 18.4 Å². The van der Waals surface area contributed by atoms with Gasteiger partial charge in [0.1, 0.15) is 12.4 Å². The molecule has 1 aliphatic rings. The van der Waals surface area contributed by atoms with Crippen molar-refractivity contribution in [3.63, 3.8) is 0 Å². The maximum Gasteiger partial charge on any atom is 0.225 e. The summed E-state index contributed by atoms with van der Waals surface area (Å²) in [7, 11) is 2.11. The summed E-state index contributed by atoms with van der Waals surface area (Å²) in [6.07, 6.45) is 2.56. The molecule has 1 fully saturated rings. The first-order valence-electron chi connectivity index (χ1n) is 7.22. The van der Waals surface area contributed by atoms with Crippen LogP contribution in [0.4, 0.5) is 0 Å². The predicted molar refractivity (Wildman–Crippen MR) is 83.9 cm³/mol. The Labute approximate surface area is 124 Å². The molecule has 0 saturated heterocycles. The van der Waals surface area contributed by atoms with Gasteiger partial charge in [0.2, 0.25) is 5.88 Å². The number of nitrogens with two attached hydrogens (primary N) is 1. The molecule has 21 heavy (non-hydrogen) atoms. The minimum Gasteiger partial charge on any atom is -0.476 e. The zero-order valence-electron chi connectivity index (χ0n) is 12.2. The Morgan fingerprint density at radius 3 is 2.90 bits per heavy atom. The summed E-state index contributed by atoms with van der Waals surface area (Å²) in [5.74, 6) is 0.434. The van der Waals surface area contributed by atoms with Crippen molar-refractivity contribution in [1.29, 1.82) is 5.41 Å². The highest BCUT2D eigenvalue weighted by Crippen LogP contribution is 2.25. The molecule has 1 heterocycles. The fourth-order valence-corrected chi connectivity index (χ4v) is 2.39. The monoisotopic (exact) mass is 284 g/mol. The normalized spacial score (nSPS) is 14.6. The van der Waals surface area contributed by atoms with E-state index in [1.807, 2.05) is 30.3 Å². The highest BCUT2D eigenvalue weighted by atomic mass is 16.5. The summed E-state index contributed by atoms with van der Waals surface area (Å²) in [6.45, 7) is 1.41. The van der Waals surface area contributed by atoms with Crippen molar-refractivity contribution < 1.29 is 4.74 Å². The van der Waals surface area contributed by atoms with E-state index < -0.39 is 0 Å². The maximum absolute atomic E-state index is 7.70. The fraction of sp³-hybridized carbons (Fsp3) is 0.375. The Kier molecular flexibility index (Phi) is 3.75. The van der Waals surface area contributed by atoms with Gasteiger partial charge in [0.15, 0.2) is 0 Å². The summed E-state index contributed by atoms with van der Waals surface area (Å²) in [5, 5.41) is 8.66. The standard InChI is InChI=1S/C16H20N4O/c1-20(12-6-7-12)8-9-21-16-13(15(17)18)10-11-4-2-3-5-14(11)19-16/h2-5,10,12H,6-9H2,1H3,(H3,17,18). The number of fused-ring (bicyclic) bond motifs is 1. The Balaban J connectivity index is 1.78. The van der Waals surface area contributed by atoms with E-state index in [9.17, 15) is 0 Å². The number of hydrogen-bond acceptors (Lipinski definition) is 4. The summed E-state index contributed by atoms with van der Waals surface area (Å²) >= 11 is 0. The number of benzene rings is 1. The molecule has 0 radical (unpaired) electrons. The lowest BCUT2D eigenvalue weighted by atomic mass is 10.1. The minimum absolute atomic E-state index is 0.0150. The van der Waals surface area contributed by atoms with Crippen molar-refractivity contribution in [2.24, 2.45) is 5.73 Å². The molecule has 0 bridgehead atoms. The average molecular weight is 284 g/mol. The predicted octanol–water partition coefficient (Wildman–Crippen LogP) is 1.99. The van der Waals surface area contributed by atoms with E-state index in [4.69, 9.17) is 15.9 Å². The molecule has 0 amide bonds. The molecule has 1 aromatic carbocycles. The van der Waals surface area contributed by atoms with Crippen LogP contribution < -0.4 is 10.5 Å². The van der Waals surface area contributed by atoms with Crippen LogP contribution >= 0.6 is 0 Å². The molecule has 1 aromatic heterocycles. The quantitative estimate of drug-likeness (QED) is 0.628. The van der Waals surface area contributed by atoms with Gasteiger partial charge >= 0.3 is 0 Å². The topological polar surface area (TPSA) is 75.2 Å². The van der Waals surface area contributed by atoms with Crippen molar-refractivity contribution in [2.75, 3.05) is 20.2 Å². The maximum atomic E-state index is 7.70. The lowest BCUT2D eigenvalue weighted by molar-refractivity contribution is 0.226. The number of nitrogens with one attached hydrogen (secondary N) is 1. The van der Waals surface area contributed by atoms with Crippen molar-refractivity contribution in [2.45, 2.75) is 18.9 Å². The van der Waals surface area contributed by atoms with Crippen LogP contribution in [0.25, 0.3) is 10.9 Å². The SMILES string of the molecule is CN(CCOc1nc2ccccc2cc1C(=N)N)C1CC1. The molecule has 0 atom stereocenters. The van der Waals surface area contributed by atoms with E-state index in [1.165, 1.54) is 12.8 Å². The van der Waals surface area contributed by atoms with Crippen LogP contribution in [-0.2, 0) is 0 Å². The number of hydrogen-bond donors (Lipinski definition) is 2. The molecule has 2 aromatic rings. The first kappa shape index (κ1) is 13.8. The van der Waals surface area contributed by atoms with Gasteiger partial charge in [-0.15, -0.1) is 0 Å². The lowest BCUT2D eigenvalue weighted by Gasteiger charge is -2.16. The Hall–Kier alpha value is -2.14. The summed E-state index contributed by atoms with van der Waals surface area (Å²) in [6, 6.07) is 10.4. The van der Waals surface area contributed by atoms with Crippen LogP contribution in [-0.4, -0.2) is 42.0 Å². The van der Waals surface area contributed by atoms with Crippen LogP contribution in [0.15, 0.2) is 30.3 Å². The second-order valence-electron chi connectivity index (χ2n) is 5.51. The van der Waals surface area contributed by atoms with Crippen molar-refractivity contribution in [3.8, 4) is 5.88 Å². The van der Waals surface area contributed by atoms with Gasteiger partial charge in [0.25, 0.3) is 0 Å². The van der Waals surface area contributed by atoms with Gasteiger partial charge in [-0.1, -0.05) is 18.2 Å². The number of para-hydroxylation sites is 1. The molecular weight excluding hydrogens is 264 g/mol. The number of rotatable bonds is 6. The number of likely N-dealkylation sites (N-methyl/N-ethyl adjacent to an activating group) is 1. The molecule has 0 spiro atoms. The second kappa shape index (κ2) is 5.69. The van der Waals surface area contributed by atoms with E-state index >= 15 is 0 Å². The number of nitrogens with zero attached hydrogens (tertiary/aromatic N) is 2. The Morgan fingerprint density at radius 1 is 1.43 bits per heavy atom. The van der Waals surface area contributed by atoms with Crippen LogP contribution in [0.3, 0.4) is 0 Å². The fourth-order valence-electron chi connectivity index (χ4n) is 2.39. The molecule has 5 nitrogen and oxygen atoms in total. The van der Waals surface area contributed by atoms with E-state index in [-0.39, 0.29) is 5.84 Å². The lowest BCUT2D eigenvalue weighted by Crippen LogP contribution is -2.26. The van der Waals surface area contributed by atoms with Crippen LogP contribution in [0, 0.1) is 5.41 Å². The summed E-state index contributed by atoms with van der Waals surface area (Å²) < 4.78 is 5.78. The smallest absolute Gasteiger partial charge is 0.225 e. The van der Waals surface area contributed by atoms with E-state index in [1.54, 1.807) is 0 Å². The first-order valence-corrected chi connectivity index (χ1v) is 7.22. The zero-order valence-corrected chi connectivity index (χ0v) is 12.2. The highest BCUT2D eigenvalue weighted by Gasteiger charge is 2.25. The van der Waals surface area contributed by atoms with Gasteiger partial charge in [-0.3, -0.25) is 5.41 Å². The zero-order chi connectivity index (χ0) is 14.8. The van der Waals surface area contributed by atoms with E-state index in [0.717, 1.165) is 17.4 Å². The molecule has 1 aliphatic carbocycles. The van der Waals surface area contributed by atoms with Crippen molar-refractivity contribution >= 4 is 16.7 Å². The number of amidine groups is 1. The number of nitrogen functional groups attached to an aromatic ring is 1. The second-order valence-corrected chi connectivity index (χ2v) is 5.51. The van der Waals surface area contributed by atoms with Gasteiger partial charge in [-0.2, -0.15) is 0 Å². The molecule has 3 N–H and O–H groups in total. The summed E-state index contributed by atoms with van der Waals surface area (Å²) in [5.41, 5.74) is 7.06. The molecule has 1 saturated carbocycles. The van der Waals surface area contributed by atoms with Gasteiger partial charge in [0.05, 0.1) is 11.1 Å². The molecule has 110 valence electrons. The third-order valence-electron chi connectivity index (χ3n) is 3.83. The summed E-state index contributed by atoms with van der Waals surface area (Å²) in [4.78, 5) is 6.79. The van der Waals surface area contributed by atoms with Gasteiger partial charge in [-0.25, -0.2) is 4.98 Å². The largest absolute Gasteiger partial charge is 0.476 e. The van der Waals surface area contributed by atoms with Gasteiger partial charge in [-0.05, 0) is 32.0 Å². The Bertz CT molecular complexity index is 666. The van der Waals surface area contributed by atoms with Crippen molar-refractivity contribution in [1.82, 2.24) is 9.88 Å². The average Bonchev–Trinajstić information content (AvgIpc) is 3.30. The van der Waals surface area contributed by atoms with Gasteiger partial charge in [0, 0.05) is 18.0 Å². The minimum atomic E-state index is -0.0150. The number of ether oxygens (including phenoxy) is 1. The first-order chi connectivity index (χ1) is 10.1. The third kappa shape index (κ3) is 3.13. The molecular formula is C16H20N4O. The molecule has 0 aliphatic heterocycles. The molecule has 0 unspecified atom stereocenters. The van der Waals surface area contributed by atoms with Gasteiger partial charge < -0.3 is 15.4 Å². The molecule has 3 rings (SSSR count). The van der Waals surface area contributed by atoms with Crippen LogP contribution in [0.2, 0.25) is 0 Å².